The van der Waals surface area contributed by atoms with Crippen LogP contribution in [0.3, 0.4) is 0 Å². The van der Waals surface area contributed by atoms with Gasteiger partial charge in [-0.15, -0.1) is 0 Å². The second kappa shape index (κ2) is 6.83. The van der Waals surface area contributed by atoms with Crippen LogP contribution in [0.15, 0.2) is 35.2 Å². The van der Waals surface area contributed by atoms with E-state index in [0.29, 0.717) is 41.4 Å². The molecule has 8 heteroatoms. The number of benzene rings is 2. The molecule has 1 fully saturated rings. The zero-order valence-electron chi connectivity index (χ0n) is 17.0. The Labute approximate surface area is 181 Å². The third-order valence-corrected chi connectivity index (χ3v) is 7.71. The van der Waals surface area contributed by atoms with Gasteiger partial charge in [-0.2, -0.15) is 0 Å². The molecule has 4 aromatic rings. The van der Waals surface area contributed by atoms with Gasteiger partial charge in [-0.1, -0.05) is 0 Å². The predicted molar refractivity (Wildman–Crippen MR) is 119 cm³/mol. The van der Waals surface area contributed by atoms with Crippen LogP contribution >= 0.6 is 0 Å². The highest BCUT2D eigenvalue weighted by atomic mass is 32.2. The van der Waals surface area contributed by atoms with Gasteiger partial charge < -0.3 is 19.0 Å². The molecule has 1 aliphatic heterocycles. The van der Waals surface area contributed by atoms with Crippen molar-refractivity contribution in [3.8, 4) is 11.5 Å². The summed E-state index contributed by atoms with van der Waals surface area (Å²) in [6, 6.07) is 8.90. The normalized spacial score (nSPS) is 18.4. The fourth-order valence-corrected chi connectivity index (χ4v) is 5.75. The first-order chi connectivity index (χ1) is 15.0. The van der Waals surface area contributed by atoms with Gasteiger partial charge in [-0.05, 0) is 60.3 Å². The summed E-state index contributed by atoms with van der Waals surface area (Å²) in [5.41, 5.74) is 3.98. The molecule has 0 saturated heterocycles. The highest BCUT2D eigenvalue weighted by Crippen LogP contribution is 2.41. The Hall–Kier alpha value is -2.84. The lowest BCUT2D eigenvalue weighted by Crippen LogP contribution is -2.24. The molecule has 3 heterocycles. The summed E-state index contributed by atoms with van der Waals surface area (Å²) in [6.45, 7) is 1.52. The number of rotatable bonds is 4. The molecule has 2 aromatic heterocycles. The number of hydrogen-bond donors (Lipinski definition) is 1. The summed E-state index contributed by atoms with van der Waals surface area (Å²) in [7, 11) is 1.80. The smallest absolute Gasteiger partial charge is 0.178 e. The third-order valence-electron chi connectivity index (χ3n) is 6.31. The summed E-state index contributed by atoms with van der Waals surface area (Å²) in [4.78, 5) is 16.8. The van der Waals surface area contributed by atoms with E-state index in [2.05, 4.69) is 16.0 Å². The van der Waals surface area contributed by atoms with Crippen molar-refractivity contribution >= 4 is 45.1 Å². The molecule has 6 rings (SSSR count). The molecule has 1 N–H and O–H groups in total. The summed E-state index contributed by atoms with van der Waals surface area (Å²) in [5, 5.41) is 4.50. The molecule has 0 spiro atoms. The van der Waals surface area contributed by atoms with Gasteiger partial charge in [0.25, 0.3) is 0 Å². The van der Waals surface area contributed by atoms with Gasteiger partial charge in [0, 0.05) is 24.5 Å². The van der Waals surface area contributed by atoms with Crippen LogP contribution in [0.4, 0.5) is 10.1 Å². The number of fused-ring (bicyclic) bond motifs is 4. The van der Waals surface area contributed by atoms with Crippen LogP contribution in [-0.4, -0.2) is 37.3 Å². The molecule has 1 unspecified atom stereocenters. The number of halogens is 1. The average molecular weight is 437 g/mol. The van der Waals surface area contributed by atoms with E-state index in [1.165, 1.54) is 18.9 Å². The van der Waals surface area contributed by atoms with E-state index in [0.717, 1.165) is 33.7 Å². The van der Waals surface area contributed by atoms with Gasteiger partial charge in [-0.25, -0.2) is 9.37 Å². The van der Waals surface area contributed by atoms with Crippen LogP contribution in [0, 0.1) is 11.7 Å². The molecular formula is C23H21FN4O2S. The van der Waals surface area contributed by atoms with E-state index in [-0.39, 0.29) is 5.56 Å². The fourth-order valence-electron chi connectivity index (χ4n) is 4.63. The highest BCUT2D eigenvalue weighted by molar-refractivity contribution is 7.91. The molecular weight excluding hydrogens is 415 g/mol. The minimum absolute atomic E-state index is 0.272. The Bertz CT molecular complexity index is 1370. The number of nitrogens with one attached hydrogen (secondary N) is 1. The SMILES string of the molecule is Cn1c(-c2cc3ccc4c(c3n2CC2CC2)NCC[S+]4[O-])nc2cc(C=O)cc(F)c21. The van der Waals surface area contributed by atoms with E-state index in [1.807, 2.05) is 12.1 Å². The Morgan fingerprint density at radius 1 is 1.29 bits per heavy atom. The van der Waals surface area contributed by atoms with Crippen LogP contribution in [0.1, 0.15) is 23.2 Å². The second-order valence-corrected chi connectivity index (χ2v) is 9.96. The monoisotopic (exact) mass is 436 g/mol. The van der Waals surface area contributed by atoms with Gasteiger partial charge in [0.05, 0.1) is 23.3 Å². The first kappa shape index (κ1) is 18.9. The van der Waals surface area contributed by atoms with Crippen molar-refractivity contribution in [3.63, 3.8) is 0 Å². The number of nitrogens with zero attached hydrogens (tertiary/aromatic N) is 3. The lowest BCUT2D eigenvalue weighted by atomic mass is 10.2. The van der Waals surface area contributed by atoms with Gasteiger partial charge >= 0.3 is 0 Å². The number of carbonyl (C=O) groups is 1. The van der Waals surface area contributed by atoms with Crippen LogP contribution < -0.4 is 5.32 Å². The molecule has 158 valence electrons. The lowest BCUT2D eigenvalue weighted by molar-refractivity contribution is 0.112. The van der Waals surface area contributed by atoms with Gasteiger partial charge in [0.1, 0.15) is 29.1 Å². The Morgan fingerprint density at radius 2 is 2.13 bits per heavy atom. The summed E-state index contributed by atoms with van der Waals surface area (Å²) in [6.07, 6.45) is 3.01. The number of aldehydes is 1. The first-order valence-electron chi connectivity index (χ1n) is 10.4. The summed E-state index contributed by atoms with van der Waals surface area (Å²) in [5.74, 6) is 1.41. The maximum Gasteiger partial charge on any atom is 0.178 e. The van der Waals surface area contributed by atoms with Crippen molar-refractivity contribution in [1.82, 2.24) is 14.1 Å². The number of hydrogen-bond acceptors (Lipinski definition) is 4. The third kappa shape index (κ3) is 2.89. The topological polar surface area (TPSA) is 74.9 Å². The maximum atomic E-state index is 14.7. The largest absolute Gasteiger partial charge is 0.611 e. The second-order valence-electron chi connectivity index (χ2n) is 8.42. The number of anilines is 1. The van der Waals surface area contributed by atoms with Crippen molar-refractivity contribution < 1.29 is 13.7 Å². The summed E-state index contributed by atoms with van der Waals surface area (Å²) >= 11 is -1.01. The number of aryl methyl sites for hydroxylation is 1. The molecule has 2 aliphatic rings. The first-order valence-corrected chi connectivity index (χ1v) is 11.8. The van der Waals surface area contributed by atoms with Gasteiger partial charge in [0.15, 0.2) is 10.7 Å². The number of imidazole rings is 1. The molecule has 1 saturated carbocycles. The van der Waals surface area contributed by atoms with E-state index in [4.69, 9.17) is 4.98 Å². The van der Waals surface area contributed by atoms with Crippen molar-refractivity contribution in [3.05, 3.63) is 41.7 Å². The van der Waals surface area contributed by atoms with E-state index >= 15 is 0 Å². The minimum atomic E-state index is -1.01. The van der Waals surface area contributed by atoms with Gasteiger partial charge in [-0.3, -0.25) is 4.79 Å². The summed E-state index contributed by atoms with van der Waals surface area (Å²) < 4.78 is 31.4. The molecule has 6 nitrogen and oxygen atoms in total. The minimum Gasteiger partial charge on any atom is -0.611 e. The number of aromatic nitrogens is 3. The van der Waals surface area contributed by atoms with Crippen molar-refractivity contribution in [2.24, 2.45) is 13.0 Å². The molecule has 0 amide bonds. The molecule has 0 bridgehead atoms. The standard InChI is InChI=1S/C23H21FN4O2S/c1-27-22-16(24)8-14(12-29)9-17(22)26-23(27)18-10-15-4-5-19-20(25-6-7-31(19)30)21(15)28(18)11-13-2-3-13/h4-5,8-10,12-13,25H,2-3,6-7,11H2,1H3. The molecule has 1 aliphatic carbocycles. The Morgan fingerprint density at radius 3 is 2.90 bits per heavy atom. The van der Waals surface area contributed by atoms with Crippen LogP contribution in [0.25, 0.3) is 33.5 Å². The van der Waals surface area contributed by atoms with Crippen molar-refractivity contribution in [1.29, 1.82) is 0 Å². The fraction of sp³-hybridized carbons (Fsp3) is 0.304. The lowest BCUT2D eigenvalue weighted by Gasteiger charge is -2.22. The van der Waals surface area contributed by atoms with Gasteiger partial charge in [0.2, 0.25) is 0 Å². The Balaban J connectivity index is 1.63. The quantitative estimate of drug-likeness (QED) is 0.386. The van der Waals surface area contributed by atoms with E-state index in [9.17, 15) is 13.7 Å². The van der Waals surface area contributed by atoms with Crippen molar-refractivity contribution in [2.75, 3.05) is 17.6 Å². The molecule has 31 heavy (non-hydrogen) atoms. The highest BCUT2D eigenvalue weighted by Gasteiger charge is 2.30. The molecule has 1 atom stereocenters. The van der Waals surface area contributed by atoms with E-state index in [1.54, 1.807) is 17.7 Å². The molecule has 2 aromatic carbocycles. The van der Waals surface area contributed by atoms with Crippen molar-refractivity contribution in [2.45, 2.75) is 24.3 Å². The van der Waals surface area contributed by atoms with E-state index < -0.39 is 17.0 Å². The maximum absolute atomic E-state index is 14.7. The number of carbonyl (C=O) groups excluding carboxylic acids is 1. The average Bonchev–Trinajstić information content (AvgIpc) is 3.41. The van der Waals surface area contributed by atoms with Crippen LogP contribution in [0.2, 0.25) is 0 Å². The van der Waals surface area contributed by atoms with Crippen LogP contribution in [-0.2, 0) is 24.8 Å². The predicted octanol–water partition coefficient (Wildman–Crippen LogP) is 4.09. The molecule has 0 radical (unpaired) electrons. The zero-order valence-corrected chi connectivity index (χ0v) is 17.8. The zero-order chi connectivity index (χ0) is 21.3. The Kier molecular flexibility index (Phi) is 4.16. The van der Waals surface area contributed by atoms with Crippen LogP contribution in [0.5, 0.6) is 0 Å².